The van der Waals surface area contributed by atoms with Crippen LogP contribution in [0.2, 0.25) is 0 Å². The first-order valence-corrected chi connectivity index (χ1v) is 6.70. The summed E-state index contributed by atoms with van der Waals surface area (Å²) >= 11 is 0. The average Bonchev–Trinajstić information content (AvgIpc) is 2.56. The summed E-state index contributed by atoms with van der Waals surface area (Å²) in [7, 11) is 0. The molecule has 97 valence electrons. The van der Waals surface area contributed by atoms with Crippen LogP contribution in [0.15, 0.2) is 78.9 Å². The molecule has 1 heteroatoms. The molecule has 0 atom stereocenters. The van der Waals surface area contributed by atoms with Crippen LogP contribution in [-0.4, -0.2) is 0 Å². The Kier molecular flexibility index (Phi) is 3.62. The van der Waals surface area contributed by atoms with Crippen LogP contribution in [0.4, 0.5) is 0 Å². The normalized spacial score (nSPS) is 10.4. The molecule has 1 radical (unpaired) electrons. The van der Waals surface area contributed by atoms with E-state index in [4.69, 9.17) is 0 Å². The van der Waals surface area contributed by atoms with Crippen LogP contribution in [0.3, 0.4) is 0 Å². The molecule has 3 rings (SSSR count). The highest BCUT2D eigenvalue weighted by molar-refractivity contribution is 5.74. The highest BCUT2D eigenvalue weighted by Crippen LogP contribution is 2.28. The summed E-state index contributed by atoms with van der Waals surface area (Å²) in [6.45, 7) is -0.194. The van der Waals surface area contributed by atoms with E-state index in [-0.39, 0.29) is 6.61 Å². The highest BCUT2D eigenvalue weighted by atomic mass is 16.3. The quantitative estimate of drug-likeness (QED) is 0.634. The van der Waals surface area contributed by atoms with Crippen molar-refractivity contribution in [2.24, 2.45) is 0 Å². The van der Waals surface area contributed by atoms with Gasteiger partial charge < -0.3 is 0 Å². The third-order valence-corrected chi connectivity index (χ3v) is 3.37. The molecule has 0 unspecified atom stereocenters. The van der Waals surface area contributed by atoms with Crippen LogP contribution >= 0.6 is 0 Å². The number of rotatable bonds is 3. The van der Waals surface area contributed by atoms with Crippen LogP contribution in [0.25, 0.3) is 22.3 Å². The van der Waals surface area contributed by atoms with E-state index >= 15 is 0 Å². The molecule has 0 aliphatic carbocycles. The van der Waals surface area contributed by atoms with Crippen LogP contribution in [0.1, 0.15) is 5.56 Å². The zero-order valence-electron chi connectivity index (χ0n) is 11.1. The van der Waals surface area contributed by atoms with Crippen molar-refractivity contribution in [3.8, 4) is 22.3 Å². The van der Waals surface area contributed by atoms with Crippen LogP contribution < -0.4 is 0 Å². The third kappa shape index (κ3) is 2.63. The number of hydrogen-bond acceptors (Lipinski definition) is 0. The lowest BCUT2D eigenvalue weighted by Crippen LogP contribution is -1.87. The van der Waals surface area contributed by atoms with Gasteiger partial charge in [-0.15, -0.1) is 0 Å². The second-order valence-corrected chi connectivity index (χ2v) is 4.79. The predicted octanol–water partition coefficient (Wildman–Crippen LogP) is 4.95. The zero-order valence-corrected chi connectivity index (χ0v) is 11.1. The van der Waals surface area contributed by atoms with Crippen molar-refractivity contribution in [1.29, 1.82) is 0 Å². The van der Waals surface area contributed by atoms with Gasteiger partial charge in [-0.25, -0.2) is 5.11 Å². The van der Waals surface area contributed by atoms with E-state index in [1.807, 2.05) is 48.5 Å². The van der Waals surface area contributed by atoms with Gasteiger partial charge in [-0.3, -0.25) is 0 Å². The molecule has 0 heterocycles. The van der Waals surface area contributed by atoms with Gasteiger partial charge in [-0.2, -0.15) is 0 Å². The molecule has 0 amide bonds. The Morgan fingerprint density at radius 2 is 1.00 bits per heavy atom. The van der Waals surface area contributed by atoms with E-state index in [0.717, 1.165) is 27.8 Å². The number of benzene rings is 3. The van der Waals surface area contributed by atoms with Gasteiger partial charge in [0.15, 0.2) is 0 Å². The first kappa shape index (κ1) is 12.6. The minimum Gasteiger partial charge on any atom is -0.232 e. The fourth-order valence-electron chi connectivity index (χ4n) is 2.37. The van der Waals surface area contributed by atoms with Crippen LogP contribution in [0.5, 0.6) is 0 Å². The van der Waals surface area contributed by atoms with E-state index < -0.39 is 0 Å². The first-order chi connectivity index (χ1) is 9.86. The standard InChI is InChI=1S/C19H15O/c20-14-15-11-18(16-7-3-1-4-8-16)13-19(12-15)17-9-5-2-6-10-17/h1-13H,14H2. The predicted molar refractivity (Wildman–Crippen MR) is 81.7 cm³/mol. The summed E-state index contributed by atoms with van der Waals surface area (Å²) in [5.74, 6) is 0. The molecule has 0 N–H and O–H groups in total. The maximum absolute atomic E-state index is 11.3. The van der Waals surface area contributed by atoms with Crippen LogP contribution in [0, 0.1) is 0 Å². The summed E-state index contributed by atoms with van der Waals surface area (Å²) < 4.78 is 0. The molecule has 3 aromatic rings. The van der Waals surface area contributed by atoms with Crippen molar-refractivity contribution in [3.05, 3.63) is 84.4 Å². The fraction of sp³-hybridized carbons (Fsp3) is 0.0526. The van der Waals surface area contributed by atoms with E-state index in [1.165, 1.54) is 0 Å². The lowest BCUT2D eigenvalue weighted by Gasteiger charge is -2.09. The molecular weight excluding hydrogens is 244 g/mol. The van der Waals surface area contributed by atoms with E-state index in [0.29, 0.717) is 0 Å². The van der Waals surface area contributed by atoms with Gasteiger partial charge in [0.2, 0.25) is 0 Å². The van der Waals surface area contributed by atoms with Crippen LogP contribution in [-0.2, 0) is 11.7 Å². The molecule has 20 heavy (non-hydrogen) atoms. The number of hydrogen-bond donors (Lipinski definition) is 0. The van der Waals surface area contributed by atoms with Crippen molar-refractivity contribution < 1.29 is 5.11 Å². The molecule has 0 saturated heterocycles. The zero-order chi connectivity index (χ0) is 13.8. The van der Waals surface area contributed by atoms with E-state index in [2.05, 4.69) is 30.3 Å². The molecule has 0 aliphatic rings. The minimum absolute atomic E-state index is 0.194. The fourth-order valence-corrected chi connectivity index (χ4v) is 2.37. The van der Waals surface area contributed by atoms with Gasteiger partial charge in [0, 0.05) is 0 Å². The van der Waals surface area contributed by atoms with E-state index in [1.54, 1.807) is 0 Å². The largest absolute Gasteiger partial charge is 0.232 e. The summed E-state index contributed by atoms with van der Waals surface area (Å²) in [6, 6.07) is 26.4. The smallest absolute Gasteiger partial charge is 0.107 e. The SMILES string of the molecule is [O]Cc1cc(-c2ccccc2)cc(-c2ccccc2)c1. The molecule has 0 saturated carbocycles. The Balaban J connectivity index is 2.13. The highest BCUT2D eigenvalue weighted by Gasteiger charge is 2.05. The Morgan fingerprint density at radius 1 is 0.550 bits per heavy atom. The summed E-state index contributed by atoms with van der Waals surface area (Å²) in [5.41, 5.74) is 5.29. The van der Waals surface area contributed by atoms with Gasteiger partial charge in [0.05, 0.1) is 0 Å². The van der Waals surface area contributed by atoms with Gasteiger partial charge in [0.25, 0.3) is 0 Å². The lowest BCUT2D eigenvalue weighted by molar-refractivity contribution is 0.177. The van der Waals surface area contributed by atoms with Crippen molar-refractivity contribution in [2.45, 2.75) is 6.61 Å². The monoisotopic (exact) mass is 259 g/mol. The molecule has 0 spiro atoms. The minimum atomic E-state index is -0.194. The Hall–Kier alpha value is -2.38. The molecule has 0 bridgehead atoms. The second-order valence-electron chi connectivity index (χ2n) is 4.79. The molecular formula is C19H15O. The average molecular weight is 259 g/mol. The molecule has 0 fully saturated rings. The maximum atomic E-state index is 11.3. The summed E-state index contributed by atoms with van der Waals surface area (Å²) in [6.07, 6.45) is 0. The molecule has 3 aromatic carbocycles. The van der Waals surface area contributed by atoms with Gasteiger partial charge in [-0.05, 0) is 46.0 Å². The van der Waals surface area contributed by atoms with Crippen molar-refractivity contribution in [3.63, 3.8) is 0 Å². The second kappa shape index (κ2) is 5.72. The third-order valence-electron chi connectivity index (χ3n) is 3.37. The van der Waals surface area contributed by atoms with Gasteiger partial charge in [-0.1, -0.05) is 60.7 Å². The van der Waals surface area contributed by atoms with Crippen molar-refractivity contribution in [2.75, 3.05) is 0 Å². The lowest BCUT2D eigenvalue weighted by atomic mass is 9.96. The van der Waals surface area contributed by atoms with Crippen molar-refractivity contribution >= 4 is 0 Å². The first-order valence-electron chi connectivity index (χ1n) is 6.70. The maximum Gasteiger partial charge on any atom is 0.107 e. The van der Waals surface area contributed by atoms with E-state index in [9.17, 15) is 5.11 Å². The Labute approximate surface area is 119 Å². The van der Waals surface area contributed by atoms with Gasteiger partial charge >= 0.3 is 0 Å². The van der Waals surface area contributed by atoms with Crippen molar-refractivity contribution in [1.82, 2.24) is 0 Å². The molecule has 1 nitrogen and oxygen atoms in total. The van der Waals surface area contributed by atoms with Gasteiger partial charge in [0.1, 0.15) is 6.61 Å². The Morgan fingerprint density at radius 3 is 1.40 bits per heavy atom. The summed E-state index contributed by atoms with van der Waals surface area (Å²) in [4.78, 5) is 0. The molecule has 0 aliphatic heterocycles. The molecule has 0 aromatic heterocycles. The summed E-state index contributed by atoms with van der Waals surface area (Å²) in [5, 5.41) is 11.3. The topological polar surface area (TPSA) is 19.9 Å². The Bertz CT molecular complexity index is 630.